The van der Waals surface area contributed by atoms with Crippen LogP contribution >= 0.6 is 0 Å². The fourth-order valence-corrected chi connectivity index (χ4v) is 3.94. The summed E-state index contributed by atoms with van der Waals surface area (Å²) in [5.41, 5.74) is 3.00. The number of rotatable bonds is 4. The molecule has 158 valence electrons. The third-order valence-corrected chi connectivity index (χ3v) is 5.60. The standard InChI is InChI=1S/C23H26N8/c1-16(2)22-26-17(3)13-20(28-22)29-9-11-30(12-10-29)21-14-19(18-7-5-4-6-8-18)27-23-24-15-25-31(21)23/h4-8,13-16H,9-12H2,1-3H3. The van der Waals surface area contributed by atoms with Crippen LogP contribution < -0.4 is 9.80 Å². The van der Waals surface area contributed by atoms with Crippen LogP contribution in [0.4, 0.5) is 11.6 Å². The van der Waals surface area contributed by atoms with Gasteiger partial charge >= 0.3 is 0 Å². The van der Waals surface area contributed by atoms with Crippen LogP contribution in [0.15, 0.2) is 48.8 Å². The first kappa shape index (κ1) is 19.4. The lowest BCUT2D eigenvalue weighted by molar-refractivity contribution is 0.628. The van der Waals surface area contributed by atoms with E-state index in [9.17, 15) is 0 Å². The van der Waals surface area contributed by atoms with E-state index in [4.69, 9.17) is 9.97 Å². The summed E-state index contributed by atoms with van der Waals surface area (Å²) in [6.45, 7) is 9.80. The van der Waals surface area contributed by atoms with Crippen molar-refractivity contribution in [1.82, 2.24) is 29.5 Å². The van der Waals surface area contributed by atoms with Crippen LogP contribution in [-0.2, 0) is 0 Å². The average molecular weight is 415 g/mol. The van der Waals surface area contributed by atoms with Crippen molar-refractivity contribution in [3.05, 3.63) is 60.3 Å². The van der Waals surface area contributed by atoms with E-state index in [-0.39, 0.29) is 0 Å². The molecule has 8 heteroatoms. The molecule has 0 atom stereocenters. The second-order valence-corrected chi connectivity index (χ2v) is 8.19. The van der Waals surface area contributed by atoms with Crippen molar-refractivity contribution < 1.29 is 0 Å². The largest absolute Gasteiger partial charge is 0.353 e. The Kier molecular flexibility index (Phi) is 4.97. The van der Waals surface area contributed by atoms with Crippen molar-refractivity contribution in [1.29, 1.82) is 0 Å². The number of piperazine rings is 1. The number of aromatic nitrogens is 6. The number of hydrogen-bond donors (Lipinski definition) is 0. The molecular formula is C23H26N8. The topological polar surface area (TPSA) is 75.3 Å². The number of benzene rings is 1. The van der Waals surface area contributed by atoms with Gasteiger partial charge in [0.2, 0.25) is 0 Å². The van der Waals surface area contributed by atoms with Crippen LogP contribution in [0.1, 0.15) is 31.3 Å². The van der Waals surface area contributed by atoms with Crippen LogP contribution in [0.2, 0.25) is 0 Å². The molecule has 0 N–H and O–H groups in total. The molecule has 1 fully saturated rings. The first-order chi connectivity index (χ1) is 15.1. The molecule has 0 unspecified atom stereocenters. The zero-order chi connectivity index (χ0) is 21.4. The minimum atomic E-state index is 0.314. The van der Waals surface area contributed by atoms with Crippen LogP contribution in [-0.4, -0.2) is 55.7 Å². The van der Waals surface area contributed by atoms with Crippen molar-refractivity contribution in [2.45, 2.75) is 26.7 Å². The Bertz CT molecular complexity index is 1190. The maximum atomic E-state index is 4.81. The molecule has 8 nitrogen and oxygen atoms in total. The molecule has 3 aromatic heterocycles. The molecule has 0 saturated carbocycles. The van der Waals surface area contributed by atoms with E-state index in [0.29, 0.717) is 11.7 Å². The van der Waals surface area contributed by atoms with Crippen LogP contribution in [0.5, 0.6) is 0 Å². The van der Waals surface area contributed by atoms with Gasteiger partial charge in [0.05, 0.1) is 5.69 Å². The molecular weight excluding hydrogens is 388 g/mol. The summed E-state index contributed by atoms with van der Waals surface area (Å²) in [5, 5.41) is 4.42. The van der Waals surface area contributed by atoms with Crippen LogP contribution in [0, 0.1) is 6.92 Å². The molecule has 1 aliphatic rings. The highest BCUT2D eigenvalue weighted by atomic mass is 15.4. The Morgan fingerprint density at radius 3 is 2.35 bits per heavy atom. The Morgan fingerprint density at radius 1 is 0.871 bits per heavy atom. The summed E-state index contributed by atoms with van der Waals surface area (Å²) in [6.07, 6.45) is 1.56. The van der Waals surface area contributed by atoms with Crippen LogP contribution in [0.3, 0.4) is 0 Å². The molecule has 4 aromatic rings. The normalized spacial score (nSPS) is 14.6. The fraction of sp³-hybridized carbons (Fsp3) is 0.348. The Morgan fingerprint density at radius 2 is 1.61 bits per heavy atom. The van der Waals surface area contributed by atoms with Gasteiger partial charge in [-0.15, -0.1) is 0 Å². The van der Waals surface area contributed by atoms with E-state index in [1.165, 1.54) is 0 Å². The maximum Gasteiger partial charge on any atom is 0.254 e. The maximum absolute atomic E-state index is 4.81. The molecule has 0 radical (unpaired) electrons. The van der Waals surface area contributed by atoms with Gasteiger partial charge in [-0.05, 0) is 6.92 Å². The quantitative estimate of drug-likeness (QED) is 0.507. The number of anilines is 2. The van der Waals surface area contributed by atoms with Gasteiger partial charge in [0, 0.05) is 55.5 Å². The first-order valence-electron chi connectivity index (χ1n) is 10.7. The average Bonchev–Trinajstić information content (AvgIpc) is 3.27. The lowest BCUT2D eigenvalue weighted by Crippen LogP contribution is -2.47. The minimum absolute atomic E-state index is 0.314. The number of aryl methyl sites for hydroxylation is 1. The Hall–Kier alpha value is -3.55. The van der Waals surface area contributed by atoms with Gasteiger partial charge in [-0.1, -0.05) is 44.2 Å². The van der Waals surface area contributed by atoms with E-state index in [0.717, 1.165) is 60.6 Å². The SMILES string of the molecule is Cc1cc(N2CCN(c3cc(-c4ccccc4)nc4ncnn34)CC2)nc(C(C)C)n1. The zero-order valence-corrected chi connectivity index (χ0v) is 18.1. The molecule has 0 spiro atoms. The summed E-state index contributed by atoms with van der Waals surface area (Å²) in [5.74, 6) is 3.87. The lowest BCUT2D eigenvalue weighted by atomic mass is 10.1. The van der Waals surface area contributed by atoms with E-state index in [2.05, 4.69) is 63.0 Å². The Balaban J connectivity index is 1.42. The highest BCUT2D eigenvalue weighted by Crippen LogP contribution is 2.26. The van der Waals surface area contributed by atoms with Crippen molar-refractivity contribution in [3.8, 4) is 11.3 Å². The summed E-state index contributed by atoms with van der Waals surface area (Å²) in [4.78, 5) is 23.1. The van der Waals surface area contributed by atoms with E-state index < -0.39 is 0 Å². The summed E-state index contributed by atoms with van der Waals surface area (Å²) >= 11 is 0. The molecule has 1 aromatic carbocycles. The number of nitrogens with zero attached hydrogens (tertiary/aromatic N) is 8. The van der Waals surface area contributed by atoms with Gasteiger partial charge in [0.1, 0.15) is 23.8 Å². The number of fused-ring (bicyclic) bond motifs is 1. The lowest BCUT2D eigenvalue weighted by Gasteiger charge is -2.36. The van der Waals surface area contributed by atoms with Crippen molar-refractivity contribution >= 4 is 17.4 Å². The van der Waals surface area contributed by atoms with Crippen LogP contribution in [0.25, 0.3) is 17.0 Å². The van der Waals surface area contributed by atoms with Crippen molar-refractivity contribution in [2.24, 2.45) is 0 Å². The minimum Gasteiger partial charge on any atom is -0.353 e. The summed E-state index contributed by atoms with van der Waals surface area (Å²) in [6, 6.07) is 14.4. The van der Waals surface area contributed by atoms with Gasteiger partial charge in [-0.3, -0.25) is 0 Å². The van der Waals surface area contributed by atoms with Gasteiger partial charge in [0.15, 0.2) is 0 Å². The summed E-state index contributed by atoms with van der Waals surface area (Å²) in [7, 11) is 0. The predicted molar refractivity (Wildman–Crippen MR) is 122 cm³/mol. The number of hydrogen-bond acceptors (Lipinski definition) is 7. The third kappa shape index (κ3) is 3.81. The highest BCUT2D eigenvalue weighted by molar-refractivity contribution is 5.66. The Labute approximate surface area is 181 Å². The third-order valence-electron chi connectivity index (χ3n) is 5.60. The van der Waals surface area contributed by atoms with Gasteiger partial charge in [-0.2, -0.15) is 14.6 Å². The first-order valence-corrected chi connectivity index (χ1v) is 10.7. The van der Waals surface area contributed by atoms with Gasteiger partial charge < -0.3 is 9.80 Å². The predicted octanol–water partition coefficient (Wildman–Crippen LogP) is 3.34. The highest BCUT2D eigenvalue weighted by Gasteiger charge is 2.22. The monoisotopic (exact) mass is 414 g/mol. The molecule has 0 amide bonds. The van der Waals surface area contributed by atoms with Gasteiger partial charge in [-0.25, -0.2) is 15.0 Å². The second kappa shape index (κ2) is 7.94. The summed E-state index contributed by atoms with van der Waals surface area (Å²) < 4.78 is 1.83. The van der Waals surface area contributed by atoms with E-state index >= 15 is 0 Å². The zero-order valence-electron chi connectivity index (χ0n) is 18.1. The van der Waals surface area contributed by atoms with E-state index in [1.807, 2.05) is 29.6 Å². The van der Waals surface area contributed by atoms with Crippen molar-refractivity contribution in [3.63, 3.8) is 0 Å². The molecule has 0 bridgehead atoms. The van der Waals surface area contributed by atoms with E-state index in [1.54, 1.807) is 6.33 Å². The molecule has 31 heavy (non-hydrogen) atoms. The molecule has 5 rings (SSSR count). The molecule has 4 heterocycles. The fourth-order valence-electron chi connectivity index (χ4n) is 3.94. The second-order valence-electron chi connectivity index (χ2n) is 8.19. The molecule has 0 aliphatic carbocycles. The van der Waals surface area contributed by atoms with Gasteiger partial charge in [0.25, 0.3) is 5.78 Å². The molecule has 1 aliphatic heterocycles. The van der Waals surface area contributed by atoms with Crippen molar-refractivity contribution in [2.75, 3.05) is 36.0 Å². The smallest absolute Gasteiger partial charge is 0.254 e. The molecule has 1 saturated heterocycles.